The fraction of sp³-hybridized carbons (Fsp3) is 1.00. The summed E-state index contributed by atoms with van der Waals surface area (Å²) in [6, 6.07) is 0. The minimum absolute atomic E-state index is 0.0352. The van der Waals surface area contributed by atoms with Crippen molar-refractivity contribution in [1.29, 1.82) is 0 Å². The van der Waals surface area contributed by atoms with E-state index < -0.39 is 0 Å². The smallest absolute Gasteiger partial charge is 0.0841 e. The summed E-state index contributed by atoms with van der Waals surface area (Å²) in [4.78, 5) is 0. The SMILES string of the molecule is OC1CCCCCC1OC1COC2(CCNCC2)C1. The van der Waals surface area contributed by atoms with Crippen LogP contribution in [-0.2, 0) is 9.47 Å². The van der Waals surface area contributed by atoms with Gasteiger partial charge in [-0.3, -0.25) is 0 Å². The van der Waals surface area contributed by atoms with Crippen LogP contribution in [0.25, 0.3) is 0 Å². The van der Waals surface area contributed by atoms with Crippen LogP contribution in [0.4, 0.5) is 0 Å². The lowest BCUT2D eigenvalue weighted by Gasteiger charge is -2.33. The summed E-state index contributed by atoms with van der Waals surface area (Å²) in [5.41, 5.74) is 0.0611. The Morgan fingerprint density at radius 3 is 2.74 bits per heavy atom. The summed E-state index contributed by atoms with van der Waals surface area (Å²) >= 11 is 0. The van der Waals surface area contributed by atoms with Gasteiger partial charge in [-0.2, -0.15) is 0 Å². The summed E-state index contributed by atoms with van der Waals surface area (Å²) < 4.78 is 12.2. The van der Waals surface area contributed by atoms with Gasteiger partial charge < -0.3 is 19.9 Å². The monoisotopic (exact) mass is 269 g/mol. The predicted molar refractivity (Wildman–Crippen MR) is 73.2 cm³/mol. The number of hydrogen-bond donors (Lipinski definition) is 2. The van der Waals surface area contributed by atoms with Gasteiger partial charge in [-0.25, -0.2) is 0 Å². The molecule has 0 aromatic rings. The van der Waals surface area contributed by atoms with Gasteiger partial charge in [-0.1, -0.05) is 19.3 Å². The van der Waals surface area contributed by atoms with Crippen molar-refractivity contribution in [2.45, 2.75) is 75.3 Å². The normalized spacial score (nSPS) is 39.3. The molecule has 0 bridgehead atoms. The highest BCUT2D eigenvalue weighted by atomic mass is 16.6. The zero-order chi connectivity index (χ0) is 13.1. The molecule has 0 aromatic heterocycles. The van der Waals surface area contributed by atoms with Crippen LogP contribution < -0.4 is 5.32 Å². The van der Waals surface area contributed by atoms with E-state index in [-0.39, 0.29) is 23.9 Å². The molecule has 0 aromatic carbocycles. The van der Waals surface area contributed by atoms with E-state index in [2.05, 4.69) is 5.32 Å². The number of aliphatic hydroxyl groups is 1. The Morgan fingerprint density at radius 1 is 1.11 bits per heavy atom. The maximum atomic E-state index is 10.1. The van der Waals surface area contributed by atoms with Crippen LogP contribution in [0.3, 0.4) is 0 Å². The second kappa shape index (κ2) is 6.08. The molecular weight excluding hydrogens is 242 g/mol. The first-order valence-electron chi connectivity index (χ1n) is 7.96. The van der Waals surface area contributed by atoms with Crippen molar-refractivity contribution >= 4 is 0 Å². The first kappa shape index (κ1) is 13.8. The molecule has 1 aliphatic carbocycles. The van der Waals surface area contributed by atoms with Gasteiger partial charge in [-0.05, 0) is 38.8 Å². The lowest BCUT2D eigenvalue weighted by Crippen LogP contribution is -2.42. The molecule has 3 aliphatic rings. The Hall–Kier alpha value is -0.160. The topological polar surface area (TPSA) is 50.7 Å². The molecule has 3 atom stereocenters. The molecule has 3 rings (SSSR count). The van der Waals surface area contributed by atoms with Crippen molar-refractivity contribution in [3.63, 3.8) is 0 Å². The van der Waals surface area contributed by atoms with E-state index in [9.17, 15) is 5.11 Å². The first-order chi connectivity index (χ1) is 9.27. The minimum Gasteiger partial charge on any atom is -0.390 e. The molecule has 2 N–H and O–H groups in total. The lowest BCUT2D eigenvalue weighted by molar-refractivity contribution is -0.0801. The van der Waals surface area contributed by atoms with E-state index >= 15 is 0 Å². The second-order valence-corrected chi connectivity index (χ2v) is 6.45. The van der Waals surface area contributed by atoms with Crippen molar-refractivity contribution in [2.75, 3.05) is 19.7 Å². The summed E-state index contributed by atoms with van der Waals surface area (Å²) in [7, 11) is 0. The zero-order valence-corrected chi connectivity index (χ0v) is 11.8. The van der Waals surface area contributed by atoms with Crippen LogP contribution in [0.5, 0.6) is 0 Å². The molecule has 19 heavy (non-hydrogen) atoms. The highest BCUT2D eigenvalue weighted by Crippen LogP contribution is 2.36. The van der Waals surface area contributed by atoms with E-state index in [0.717, 1.165) is 51.6 Å². The summed E-state index contributed by atoms with van der Waals surface area (Å²) in [6.07, 6.45) is 8.61. The molecule has 110 valence electrons. The van der Waals surface area contributed by atoms with Gasteiger partial charge in [0.2, 0.25) is 0 Å². The van der Waals surface area contributed by atoms with E-state index in [1.807, 2.05) is 0 Å². The van der Waals surface area contributed by atoms with Crippen molar-refractivity contribution in [3.05, 3.63) is 0 Å². The van der Waals surface area contributed by atoms with Crippen LogP contribution in [-0.4, -0.2) is 48.7 Å². The number of aliphatic hydroxyl groups excluding tert-OH is 1. The first-order valence-corrected chi connectivity index (χ1v) is 7.96. The Kier molecular flexibility index (Phi) is 4.42. The highest BCUT2D eigenvalue weighted by Gasteiger charge is 2.42. The van der Waals surface area contributed by atoms with Gasteiger partial charge in [0.1, 0.15) is 0 Å². The molecular formula is C15H27NO3. The Labute approximate surface area is 115 Å². The van der Waals surface area contributed by atoms with Crippen LogP contribution in [0.1, 0.15) is 51.4 Å². The highest BCUT2D eigenvalue weighted by molar-refractivity contribution is 4.94. The molecule has 1 saturated carbocycles. The number of ether oxygens (including phenoxy) is 2. The Bertz CT molecular complexity index is 291. The molecule has 2 saturated heterocycles. The van der Waals surface area contributed by atoms with Crippen molar-refractivity contribution in [1.82, 2.24) is 5.32 Å². The van der Waals surface area contributed by atoms with Crippen LogP contribution in [0.15, 0.2) is 0 Å². The molecule has 2 aliphatic heterocycles. The lowest BCUT2D eigenvalue weighted by atomic mass is 9.89. The van der Waals surface area contributed by atoms with Crippen molar-refractivity contribution in [2.24, 2.45) is 0 Å². The quantitative estimate of drug-likeness (QED) is 0.748. The van der Waals surface area contributed by atoms with E-state index in [4.69, 9.17) is 9.47 Å². The molecule has 3 unspecified atom stereocenters. The van der Waals surface area contributed by atoms with Gasteiger partial charge in [-0.15, -0.1) is 0 Å². The largest absolute Gasteiger partial charge is 0.390 e. The maximum Gasteiger partial charge on any atom is 0.0841 e. The van der Waals surface area contributed by atoms with Gasteiger partial charge in [0, 0.05) is 6.42 Å². The van der Waals surface area contributed by atoms with Gasteiger partial charge in [0.25, 0.3) is 0 Å². The van der Waals surface area contributed by atoms with E-state index in [1.54, 1.807) is 0 Å². The number of rotatable bonds is 2. The number of piperidine rings is 1. The fourth-order valence-electron chi connectivity index (χ4n) is 3.78. The third kappa shape index (κ3) is 3.30. The number of nitrogens with one attached hydrogen (secondary N) is 1. The maximum absolute atomic E-state index is 10.1. The molecule has 1 spiro atoms. The fourth-order valence-corrected chi connectivity index (χ4v) is 3.78. The predicted octanol–water partition coefficient (Wildman–Crippen LogP) is 1.61. The summed E-state index contributed by atoms with van der Waals surface area (Å²) in [5, 5.41) is 13.5. The van der Waals surface area contributed by atoms with Gasteiger partial charge in [0.05, 0.1) is 30.5 Å². The summed E-state index contributed by atoms with van der Waals surface area (Å²) in [5.74, 6) is 0. The zero-order valence-electron chi connectivity index (χ0n) is 11.8. The average Bonchev–Trinajstić information content (AvgIpc) is 2.68. The van der Waals surface area contributed by atoms with E-state index in [1.165, 1.54) is 12.8 Å². The van der Waals surface area contributed by atoms with Gasteiger partial charge >= 0.3 is 0 Å². The van der Waals surface area contributed by atoms with E-state index in [0.29, 0.717) is 6.61 Å². The molecule has 3 fully saturated rings. The summed E-state index contributed by atoms with van der Waals surface area (Å²) in [6.45, 7) is 2.82. The van der Waals surface area contributed by atoms with Crippen LogP contribution in [0, 0.1) is 0 Å². The van der Waals surface area contributed by atoms with Crippen molar-refractivity contribution < 1.29 is 14.6 Å². The number of hydrogen-bond acceptors (Lipinski definition) is 4. The third-order valence-electron chi connectivity index (χ3n) is 4.97. The molecule has 4 nitrogen and oxygen atoms in total. The Morgan fingerprint density at radius 2 is 1.89 bits per heavy atom. The molecule has 4 heteroatoms. The third-order valence-corrected chi connectivity index (χ3v) is 4.97. The molecule has 0 radical (unpaired) electrons. The second-order valence-electron chi connectivity index (χ2n) is 6.45. The van der Waals surface area contributed by atoms with Crippen LogP contribution in [0.2, 0.25) is 0 Å². The van der Waals surface area contributed by atoms with Crippen molar-refractivity contribution in [3.8, 4) is 0 Å². The molecule has 2 heterocycles. The van der Waals surface area contributed by atoms with Gasteiger partial charge in [0.15, 0.2) is 0 Å². The average molecular weight is 269 g/mol. The molecule has 0 amide bonds. The minimum atomic E-state index is -0.271. The van der Waals surface area contributed by atoms with Crippen LogP contribution >= 0.6 is 0 Å². The standard InChI is InChI=1S/C15H27NO3/c17-13-4-2-1-3-5-14(13)19-12-10-15(18-11-12)6-8-16-9-7-15/h12-14,16-17H,1-11H2. The Balaban J connectivity index is 1.53.